The standard InChI is InChI=1S/C23H29NO/c1-6-25-20-12-10-18(11-13-20)17(4)14-19-15-22-21(16(2)3)8-7-9-23(22)24(19)5/h7-13,15-17H,6,14H2,1-5H3. The summed E-state index contributed by atoms with van der Waals surface area (Å²) in [5.74, 6) is 1.97. The second kappa shape index (κ2) is 7.35. The second-order valence-electron chi connectivity index (χ2n) is 7.24. The van der Waals surface area contributed by atoms with E-state index in [1.165, 1.54) is 27.7 Å². The van der Waals surface area contributed by atoms with E-state index >= 15 is 0 Å². The fourth-order valence-corrected chi connectivity index (χ4v) is 3.63. The molecule has 0 fully saturated rings. The van der Waals surface area contributed by atoms with E-state index in [9.17, 15) is 0 Å². The summed E-state index contributed by atoms with van der Waals surface area (Å²) in [4.78, 5) is 0. The van der Waals surface area contributed by atoms with Gasteiger partial charge in [0.15, 0.2) is 0 Å². The van der Waals surface area contributed by atoms with Crippen LogP contribution in [0.4, 0.5) is 0 Å². The number of hydrogen-bond donors (Lipinski definition) is 0. The zero-order chi connectivity index (χ0) is 18.0. The van der Waals surface area contributed by atoms with Gasteiger partial charge in [-0.1, -0.05) is 45.0 Å². The molecule has 0 amide bonds. The van der Waals surface area contributed by atoms with Crippen molar-refractivity contribution in [2.45, 2.75) is 46.0 Å². The molecule has 0 N–H and O–H groups in total. The van der Waals surface area contributed by atoms with Crippen molar-refractivity contribution in [1.82, 2.24) is 4.57 Å². The number of ether oxygens (including phenoxy) is 1. The van der Waals surface area contributed by atoms with Crippen molar-refractivity contribution in [2.24, 2.45) is 7.05 Å². The number of aromatic nitrogens is 1. The van der Waals surface area contributed by atoms with Crippen LogP contribution in [-0.4, -0.2) is 11.2 Å². The molecule has 2 nitrogen and oxygen atoms in total. The maximum atomic E-state index is 5.55. The van der Waals surface area contributed by atoms with Crippen LogP contribution in [0.15, 0.2) is 48.5 Å². The van der Waals surface area contributed by atoms with Crippen LogP contribution in [0.3, 0.4) is 0 Å². The van der Waals surface area contributed by atoms with Crippen LogP contribution in [0.1, 0.15) is 56.4 Å². The van der Waals surface area contributed by atoms with Crippen LogP contribution in [0.25, 0.3) is 10.9 Å². The lowest BCUT2D eigenvalue weighted by molar-refractivity contribution is 0.340. The molecule has 0 saturated heterocycles. The molecule has 25 heavy (non-hydrogen) atoms. The molecule has 0 aliphatic rings. The van der Waals surface area contributed by atoms with Gasteiger partial charge in [0.25, 0.3) is 0 Å². The van der Waals surface area contributed by atoms with Gasteiger partial charge in [0, 0.05) is 23.6 Å². The van der Waals surface area contributed by atoms with Gasteiger partial charge < -0.3 is 9.30 Å². The van der Waals surface area contributed by atoms with E-state index in [1.54, 1.807) is 0 Å². The molecule has 1 heterocycles. The molecule has 0 aliphatic carbocycles. The average Bonchev–Trinajstić information content (AvgIpc) is 2.91. The first kappa shape index (κ1) is 17.6. The largest absolute Gasteiger partial charge is 0.494 e. The third-order valence-electron chi connectivity index (χ3n) is 5.12. The molecule has 1 unspecified atom stereocenters. The van der Waals surface area contributed by atoms with E-state index in [0.29, 0.717) is 18.4 Å². The highest BCUT2D eigenvalue weighted by molar-refractivity contribution is 5.85. The minimum atomic E-state index is 0.473. The first-order valence-corrected chi connectivity index (χ1v) is 9.31. The van der Waals surface area contributed by atoms with Crippen molar-refractivity contribution in [1.29, 1.82) is 0 Å². The molecule has 2 aromatic carbocycles. The SMILES string of the molecule is CCOc1ccc(C(C)Cc2cc3c(C(C)C)cccc3n2C)cc1. The Bertz CT molecular complexity index is 842. The van der Waals surface area contributed by atoms with Gasteiger partial charge in [-0.3, -0.25) is 0 Å². The number of nitrogens with zero attached hydrogens (tertiary/aromatic N) is 1. The molecule has 1 aromatic heterocycles. The Morgan fingerprint density at radius 2 is 1.72 bits per heavy atom. The van der Waals surface area contributed by atoms with Gasteiger partial charge in [0.1, 0.15) is 5.75 Å². The number of benzene rings is 2. The molecular weight excluding hydrogens is 306 g/mol. The Morgan fingerprint density at radius 3 is 2.36 bits per heavy atom. The number of rotatable bonds is 6. The molecule has 3 aromatic rings. The topological polar surface area (TPSA) is 14.2 Å². The van der Waals surface area contributed by atoms with Gasteiger partial charge in [-0.15, -0.1) is 0 Å². The molecule has 0 spiro atoms. The van der Waals surface area contributed by atoms with Gasteiger partial charge in [-0.25, -0.2) is 0 Å². The van der Waals surface area contributed by atoms with Crippen LogP contribution in [0, 0.1) is 0 Å². The summed E-state index contributed by atoms with van der Waals surface area (Å²) in [7, 11) is 2.19. The van der Waals surface area contributed by atoms with Crippen LogP contribution >= 0.6 is 0 Å². The van der Waals surface area contributed by atoms with E-state index in [2.05, 4.69) is 80.9 Å². The number of aryl methyl sites for hydroxylation is 1. The molecule has 0 radical (unpaired) electrons. The van der Waals surface area contributed by atoms with Crippen LogP contribution in [0.5, 0.6) is 5.75 Å². The second-order valence-corrected chi connectivity index (χ2v) is 7.24. The molecule has 0 aliphatic heterocycles. The maximum Gasteiger partial charge on any atom is 0.119 e. The van der Waals surface area contributed by atoms with E-state index < -0.39 is 0 Å². The molecule has 0 bridgehead atoms. The van der Waals surface area contributed by atoms with E-state index in [-0.39, 0.29) is 0 Å². The summed E-state index contributed by atoms with van der Waals surface area (Å²) in [5, 5.41) is 1.40. The average molecular weight is 335 g/mol. The molecule has 3 rings (SSSR count). The number of fused-ring (bicyclic) bond motifs is 1. The van der Waals surface area contributed by atoms with Crippen molar-refractivity contribution in [3.63, 3.8) is 0 Å². The third kappa shape index (κ3) is 3.58. The van der Waals surface area contributed by atoms with Crippen LogP contribution < -0.4 is 4.74 Å². The first-order valence-electron chi connectivity index (χ1n) is 9.31. The smallest absolute Gasteiger partial charge is 0.119 e. The fraction of sp³-hybridized carbons (Fsp3) is 0.391. The van der Waals surface area contributed by atoms with Gasteiger partial charge in [0.2, 0.25) is 0 Å². The van der Waals surface area contributed by atoms with Crippen molar-refractivity contribution < 1.29 is 4.74 Å². The van der Waals surface area contributed by atoms with Crippen molar-refractivity contribution in [3.8, 4) is 5.75 Å². The summed E-state index contributed by atoms with van der Waals surface area (Å²) in [6.45, 7) is 9.57. The van der Waals surface area contributed by atoms with E-state index in [4.69, 9.17) is 4.74 Å². The minimum absolute atomic E-state index is 0.473. The first-order chi connectivity index (χ1) is 12.0. The van der Waals surface area contributed by atoms with Gasteiger partial charge in [-0.05, 0) is 60.6 Å². The predicted molar refractivity (Wildman–Crippen MR) is 107 cm³/mol. The summed E-state index contributed by atoms with van der Waals surface area (Å²) >= 11 is 0. The van der Waals surface area contributed by atoms with E-state index in [1.807, 2.05) is 6.92 Å². The molecule has 2 heteroatoms. The summed E-state index contributed by atoms with van der Waals surface area (Å²) in [6.07, 6.45) is 1.04. The molecule has 1 atom stereocenters. The lowest BCUT2D eigenvalue weighted by Gasteiger charge is -2.13. The van der Waals surface area contributed by atoms with Crippen molar-refractivity contribution >= 4 is 10.9 Å². The van der Waals surface area contributed by atoms with Crippen LogP contribution in [-0.2, 0) is 13.5 Å². The lowest BCUT2D eigenvalue weighted by Crippen LogP contribution is -2.03. The summed E-state index contributed by atoms with van der Waals surface area (Å²) in [6, 6.07) is 17.6. The maximum absolute atomic E-state index is 5.55. The zero-order valence-electron chi connectivity index (χ0n) is 16.0. The minimum Gasteiger partial charge on any atom is -0.494 e. The fourth-order valence-electron chi connectivity index (χ4n) is 3.63. The summed E-state index contributed by atoms with van der Waals surface area (Å²) in [5.41, 5.74) is 5.52. The Labute approximate surface area is 151 Å². The Morgan fingerprint density at radius 1 is 1.00 bits per heavy atom. The Hall–Kier alpha value is -2.22. The Kier molecular flexibility index (Phi) is 5.17. The summed E-state index contributed by atoms with van der Waals surface area (Å²) < 4.78 is 7.90. The zero-order valence-corrected chi connectivity index (χ0v) is 16.0. The van der Waals surface area contributed by atoms with Gasteiger partial charge in [-0.2, -0.15) is 0 Å². The Balaban J connectivity index is 1.87. The monoisotopic (exact) mass is 335 g/mol. The normalized spacial score (nSPS) is 12.7. The quantitative estimate of drug-likeness (QED) is 0.535. The van der Waals surface area contributed by atoms with Crippen molar-refractivity contribution in [3.05, 3.63) is 65.4 Å². The third-order valence-corrected chi connectivity index (χ3v) is 5.12. The molecular formula is C23H29NO. The lowest BCUT2D eigenvalue weighted by atomic mass is 9.95. The predicted octanol–water partition coefficient (Wildman–Crippen LogP) is 6.05. The van der Waals surface area contributed by atoms with Gasteiger partial charge in [0.05, 0.1) is 6.61 Å². The van der Waals surface area contributed by atoms with E-state index in [0.717, 1.165) is 12.2 Å². The molecule has 0 saturated carbocycles. The molecule has 132 valence electrons. The highest BCUT2D eigenvalue weighted by Crippen LogP contribution is 2.30. The van der Waals surface area contributed by atoms with Gasteiger partial charge >= 0.3 is 0 Å². The van der Waals surface area contributed by atoms with Crippen LogP contribution in [0.2, 0.25) is 0 Å². The highest BCUT2D eigenvalue weighted by atomic mass is 16.5. The van der Waals surface area contributed by atoms with Crippen molar-refractivity contribution in [2.75, 3.05) is 6.61 Å². The highest BCUT2D eigenvalue weighted by Gasteiger charge is 2.14. The number of hydrogen-bond acceptors (Lipinski definition) is 1.